The number of carbonyl (C=O) groups is 2. The van der Waals surface area contributed by atoms with Gasteiger partial charge in [0.05, 0.1) is 6.61 Å². The van der Waals surface area contributed by atoms with Crippen molar-refractivity contribution in [2.45, 2.75) is 64.5 Å². The minimum absolute atomic E-state index is 0.0610. The Kier molecular flexibility index (Phi) is 6.28. The minimum atomic E-state index is -0.727. The lowest BCUT2D eigenvalue weighted by atomic mass is 10.1. The Morgan fingerprint density at radius 3 is 2.72 bits per heavy atom. The fourth-order valence-electron chi connectivity index (χ4n) is 2.40. The Bertz CT molecular complexity index is 608. The Balaban J connectivity index is 1.84. The standard InChI is InChI=1S/C19H27NO5/c1-5-6-10-23-17(21)20-16-12-15(16)13-8-7-9-14(11-13)24-18(22)25-19(2,3)4/h7-9,11,15-16H,5-6,10,12H2,1-4H3,(H,20,21)/t15-,16+/m0/s1. The lowest BCUT2D eigenvalue weighted by Crippen LogP contribution is -2.27. The van der Waals surface area contributed by atoms with Crippen molar-refractivity contribution in [3.63, 3.8) is 0 Å². The molecule has 138 valence electrons. The van der Waals surface area contributed by atoms with Crippen LogP contribution < -0.4 is 10.1 Å². The summed E-state index contributed by atoms with van der Waals surface area (Å²) in [5.41, 5.74) is 0.415. The van der Waals surface area contributed by atoms with Crippen LogP contribution in [0.2, 0.25) is 0 Å². The maximum Gasteiger partial charge on any atom is 0.514 e. The van der Waals surface area contributed by atoms with Gasteiger partial charge < -0.3 is 19.5 Å². The van der Waals surface area contributed by atoms with Crippen molar-refractivity contribution in [3.8, 4) is 5.75 Å². The predicted octanol–water partition coefficient (Wildman–Crippen LogP) is 4.38. The molecule has 2 rings (SSSR count). The van der Waals surface area contributed by atoms with Gasteiger partial charge in [0.25, 0.3) is 0 Å². The van der Waals surface area contributed by atoms with Gasteiger partial charge in [0.1, 0.15) is 11.4 Å². The number of unbranched alkanes of at least 4 members (excludes halogenated alkanes) is 1. The minimum Gasteiger partial charge on any atom is -0.450 e. The van der Waals surface area contributed by atoms with Gasteiger partial charge in [0, 0.05) is 12.0 Å². The van der Waals surface area contributed by atoms with Crippen LogP contribution in [0.4, 0.5) is 9.59 Å². The second-order valence-corrected chi connectivity index (χ2v) is 7.22. The van der Waals surface area contributed by atoms with E-state index in [1.165, 1.54) is 0 Å². The molecular weight excluding hydrogens is 322 g/mol. The summed E-state index contributed by atoms with van der Waals surface area (Å²) in [5, 5.41) is 2.86. The highest BCUT2D eigenvalue weighted by atomic mass is 16.7. The average molecular weight is 349 g/mol. The maximum atomic E-state index is 11.7. The van der Waals surface area contributed by atoms with Crippen LogP contribution in [0.5, 0.6) is 5.75 Å². The van der Waals surface area contributed by atoms with Crippen LogP contribution in [0.25, 0.3) is 0 Å². The summed E-state index contributed by atoms with van der Waals surface area (Å²) in [5.74, 6) is 0.642. The third-order valence-corrected chi connectivity index (χ3v) is 3.70. The van der Waals surface area contributed by atoms with Gasteiger partial charge >= 0.3 is 12.2 Å². The molecule has 0 bridgehead atoms. The van der Waals surface area contributed by atoms with Crippen LogP contribution in [-0.4, -0.2) is 30.5 Å². The number of hydrogen-bond acceptors (Lipinski definition) is 5. The van der Waals surface area contributed by atoms with E-state index in [4.69, 9.17) is 14.2 Å². The normalized spacial score (nSPS) is 19.0. The van der Waals surface area contributed by atoms with E-state index in [1.807, 2.05) is 19.1 Å². The molecule has 1 fully saturated rings. The van der Waals surface area contributed by atoms with Crippen molar-refractivity contribution in [1.82, 2.24) is 5.32 Å². The second-order valence-electron chi connectivity index (χ2n) is 7.22. The summed E-state index contributed by atoms with van der Waals surface area (Å²) in [6, 6.07) is 7.35. The largest absolute Gasteiger partial charge is 0.514 e. The second kappa shape index (κ2) is 8.23. The number of nitrogens with one attached hydrogen (secondary N) is 1. The molecule has 0 heterocycles. The molecule has 1 aromatic rings. The first-order valence-corrected chi connectivity index (χ1v) is 8.72. The number of alkyl carbamates (subject to hydrolysis) is 1. The fourth-order valence-corrected chi connectivity index (χ4v) is 2.40. The summed E-state index contributed by atoms with van der Waals surface area (Å²) in [4.78, 5) is 23.4. The highest BCUT2D eigenvalue weighted by Gasteiger charge is 2.40. The third kappa shape index (κ3) is 6.64. The van der Waals surface area contributed by atoms with Gasteiger partial charge in [0.2, 0.25) is 0 Å². The monoisotopic (exact) mass is 349 g/mol. The van der Waals surface area contributed by atoms with E-state index in [0.717, 1.165) is 24.8 Å². The Morgan fingerprint density at radius 1 is 1.28 bits per heavy atom. The van der Waals surface area contributed by atoms with Crippen molar-refractivity contribution in [2.75, 3.05) is 6.61 Å². The molecule has 6 nitrogen and oxygen atoms in total. The summed E-state index contributed by atoms with van der Waals surface area (Å²) in [7, 11) is 0. The zero-order chi connectivity index (χ0) is 18.4. The van der Waals surface area contributed by atoms with Crippen molar-refractivity contribution >= 4 is 12.2 Å². The van der Waals surface area contributed by atoms with E-state index >= 15 is 0 Å². The number of amides is 1. The molecule has 1 aliphatic rings. The van der Waals surface area contributed by atoms with Crippen LogP contribution in [-0.2, 0) is 9.47 Å². The average Bonchev–Trinajstić information content (AvgIpc) is 3.25. The zero-order valence-electron chi connectivity index (χ0n) is 15.3. The van der Waals surface area contributed by atoms with Gasteiger partial charge in [-0.1, -0.05) is 25.5 Å². The number of ether oxygens (including phenoxy) is 3. The Labute approximate surface area is 148 Å². The molecule has 0 aliphatic heterocycles. The predicted molar refractivity (Wildman–Crippen MR) is 93.8 cm³/mol. The molecule has 25 heavy (non-hydrogen) atoms. The summed E-state index contributed by atoms with van der Waals surface area (Å²) in [6.45, 7) is 7.84. The van der Waals surface area contributed by atoms with E-state index in [9.17, 15) is 9.59 Å². The molecule has 0 saturated heterocycles. The van der Waals surface area contributed by atoms with Crippen molar-refractivity contribution < 1.29 is 23.8 Å². The van der Waals surface area contributed by atoms with Gasteiger partial charge in [-0.05, 0) is 51.3 Å². The molecule has 1 N–H and O–H groups in total. The first kappa shape index (κ1) is 19.1. The molecule has 6 heteroatoms. The maximum absolute atomic E-state index is 11.7. The fraction of sp³-hybridized carbons (Fsp3) is 0.579. The van der Waals surface area contributed by atoms with Crippen LogP contribution in [0.1, 0.15) is 58.4 Å². The van der Waals surface area contributed by atoms with E-state index in [1.54, 1.807) is 32.9 Å². The van der Waals surface area contributed by atoms with Crippen molar-refractivity contribution in [2.24, 2.45) is 0 Å². The van der Waals surface area contributed by atoms with E-state index in [0.29, 0.717) is 12.4 Å². The number of carbonyl (C=O) groups excluding carboxylic acids is 2. The molecule has 0 unspecified atom stereocenters. The van der Waals surface area contributed by atoms with Gasteiger partial charge in [0.15, 0.2) is 0 Å². The topological polar surface area (TPSA) is 73.9 Å². The van der Waals surface area contributed by atoms with Crippen LogP contribution >= 0.6 is 0 Å². The van der Waals surface area contributed by atoms with Crippen LogP contribution in [0.15, 0.2) is 24.3 Å². The summed E-state index contributed by atoms with van der Waals surface area (Å²) >= 11 is 0. The Morgan fingerprint density at radius 2 is 2.04 bits per heavy atom. The molecule has 0 spiro atoms. The molecular formula is C19H27NO5. The van der Waals surface area contributed by atoms with Crippen molar-refractivity contribution in [3.05, 3.63) is 29.8 Å². The molecule has 1 saturated carbocycles. The molecule has 1 aliphatic carbocycles. The smallest absolute Gasteiger partial charge is 0.450 e. The summed E-state index contributed by atoms with van der Waals surface area (Å²) in [6.07, 6.45) is 1.60. The van der Waals surface area contributed by atoms with Crippen LogP contribution in [0.3, 0.4) is 0 Å². The van der Waals surface area contributed by atoms with Gasteiger partial charge in [-0.2, -0.15) is 0 Å². The Hall–Kier alpha value is -2.24. The molecule has 0 radical (unpaired) electrons. The SMILES string of the molecule is CCCCOC(=O)N[C@@H]1C[C@H]1c1cccc(OC(=O)OC(C)(C)C)c1. The quantitative estimate of drug-likeness (QED) is 0.468. The highest BCUT2D eigenvalue weighted by molar-refractivity contribution is 5.68. The molecule has 2 atom stereocenters. The van der Waals surface area contributed by atoms with Gasteiger partial charge in [-0.15, -0.1) is 0 Å². The van der Waals surface area contributed by atoms with Gasteiger partial charge in [-0.3, -0.25) is 0 Å². The first-order chi connectivity index (χ1) is 11.8. The lowest BCUT2D eigenvalue weighted by Gasteiger charge is -2.18. The van der Waals surface area contributed by atoms with E-state index in [2.05, 4.69) is 5.32 Å². The molecule has 1 aromatic carbocycles. The summed E-state index contributed by atoms with van der Waals surface area (Å²) < 4.78 is 15.5. The number of benzene rings is 1. The lowest BCUT2D eigenvalue weighted by molar-refractivity contribution is 0.0206. The van der Waals surface area contributed by atoms with Gasteiger partial charge in [-0.25, -0.2) is 9.59 Å². The highest BCUT2D eigenvalue weighted by Crippen LogP contribution is 2.41. The van der Waals surface area contributed by atoms with E-state index < -0.39 is 11.8 Å². The number of rotatable bonds is 6. The first-order valence-electron chi connectivity index (χ1n) is 8.72. The van der Waals surface area contributed by atoms with E-state index in [-0.39, 0.29) is 18.1 Å². The number of hydrogen-bond donors (Lipinski definition) is 1. The molecule has 1 amide bonds. The molecule has 0 aromatic heterocycles. The van der Waals surface area contributed by atoms with Crippen molar-refractivity contribution in [1.29, 1.82) is 0 Å². The third-order valence-electron chi connectivity index (χ3n) is 3.70. The zero-order valence-corrected chi connectivity index (χ0v) is 15.3. The van der Waals surface area contributed by atoms with Crippen LogP contribution in [0, 0.1) is 0 Å².